The summed E-state index contributed by atoms with van der Waals surface area (Å²) in [6.45, 7) is 2.57. The first-order chi connectivity index (χ1) is 10.1. The number of nitrogens with zero attached hydrogens (tertiary/aromatic N) is 1. The second kappa shape index (κ2) is 7.04. The fraction of sp³-hybridized carbons (Fsp3) is 0.250. The van der Waals surface area contributed by atoms with E-state index >= 15 is 0 Å². The highest BCUT2D eigenvalue weighted by Gasteiger charge is 2.18. The molecule has 0 saturated heterocycles. The molecule has 0 unspecified atom stereocenters. The molecule has 0 fully saturated rings. The zero-order valence-corrected chi connectivity index (χ0v) is 12.6. The number of hydrogen-bond acceptors (Lipinski definition) is 3. The predicted octanol–water partition coefficient (Wildman–Crippen LogP) is 3.17. The van der Waals surface area contributed by atoms with Crippen molar-refractivity contribution in [3.63, 3.8) is 0 Å². The highest BCUT2D eigenvalue weighted by atomic mass is 32.1. The molecule has 110 valence electrons. The minimum atomic E-state index is -0.900. The lowest BCUT2D eigenvalue weighted by molar-refractivity contribution is -0.137. The van der Waals surface area contributed by atoms with Crippen LogP contribution in [-0.2, 0) is 11.3 Å². The van der Waals surface area contributed by atoms with Gasteiger partial charge >= 0.3 is 5.97 Å². The molecule has 1 aromatic carbocycles. The number of amides is 1. The molecular weight excluding hydrogens is 286 g/mol. The van der Waals surface area contributed by atoms with E-state index in [1.54, 1.807) is 11.0 Å². The van der Waals surface area contributed by atoms with E-state index in [1.165, 1.54) is 11.3 Å². The fourth-order valence-corrected chi connectivity index (χ4v) is 2.83. The van der Waals surface area contributed by atoms with Gasteiger partial charge in [0.15, 0.2) is 0 Å². The molecule has 0 aliphatic carbocycles. The van der Waals surface area contributed by atoms with E-state index < -0.39 is 5.97 Å². The van der Waals surface area contributed by atoms with Gasteiger partial charge in [0.1, 0.15) is 0 Å². The quantitative estimate of drug-likeness (QED) is 0.891. The van der Waals surface area contributed by atoms with Gasteiger partial charge in [-0.15, -0.1) is 11.3 Å². The first-order valence-electron chi connectivity index (χ1n) is 6.67. The topological polar surface area (TPSA) is 57.6 Å². The van der Waals surface area contributed by atoms with Crippen molar-refractivity contribution >= 4 is 23.2 Å². The Balaban J connectivity index is 2.14. The fourth-order valence-electron chi connectivity index (χ4n) is 1.99. The van der Waals surface area contributed by atoms with Crippen molar-refractivity contribution in [1.82, 2.24) is 4.90 Å². The number of rotatable bonds is 6. The van der Waals surface area contributed by atoms with Crippen molar-refractivity contribution in [1.29, 1.82) is 0 Å². The number of thiophene rings is 1. The molecule has 4 nitrogen and oxygen atoms in total. The largest absolute Gasteiger partial charge is 0.481 e. The van der Waals surface area contributed by atoms with E-state index in [2.05, 4.69) is 0 Å². The molecule has 1 N–H and O–H groups in total. The molecule has 1 amide bonds. The zero-order chi connectivity index (χ0) is 15.2. The van der Waals surface area contributed by atoms with Crippen molar-refractivity contribution in [2.75, 3.05) is 6.54 Å². The van der Waals surface area contributed by atoms with Gasteiger partial charge in [0.25, 0.3) is 5.91 Å². The van der Waals surface area contributed by atoms with Gasteiger partial charge in [-0.2, -0.15) is 0 Å². The maximum Gasteiger partial charge on any atom is 0.305 e. The van der Waals surface area contributed by atoms with Crippen molar-refractivity contribution < 1.29 is 14.7 Å². The second-order valence-corrected chi connectivity index (χ2v) is 6.05. The van der Waals surface area contributed by atoms with Gasteiger partial charge in [0.2, 0.25) is 0 Å². The van der Waals surface area contributed by atoms with Gasteiger partial charge in [-0.3, -0.25) is 9.59 Å². The molecule has 1 aromatic heterocycles. The van der Waals surface area contributed by atoms with Crippen LogP contribution in [0.2, 0.25) is 0 Å². The van der Waals surface area contributed by atoms with E-state index in [4.69, 9.17) is 5.11 Å². The van der Waals surface area contributed by atoms with Crippen molar-refractivity contribution in [3.05, 3.63) is 57.8 Å². The van der Waals surface area contributed by atoms with E-state index in [9.17, 15) is 9.59 Å². The Bertz CT molecular complexity index is 621. The number of carboxylic acid groups (broad SMARTS) is 1. The molecule has 2 rings (SSSR count). The van der Waals surface area contributed by atoms with Crippen LogP contribution in [-0.4, -0.2) is 28.4 Å². The molecule has 1 heterocycles. The standard InChI is InChI=1S/C16H17NO3S/c1-12-7-8-14(21-12)16(20)17(10-9-15(18)19)11-13-5-3-2-4-6-13/h2-8H,9-11H2,1H3,(H,18,19). The summed E-state index contributed by atoms with van der Waals surface area (Å²) in [6, 6.07) is 13.3. The van der Waals surface area contributed by atoms with Crippen molar-refractivity contribution in [2.24, 2.45) is 0 Å². The van der Waals surface area contributed by atoms with Crippen LogP contribution in [0, 0.1) is 6.92 Å². The number of aryl methyl sites for hydroxylation is 1. The van der Waals surface area contributed by atoms with Gasteiger partial charge in [-0.25, -0.2) is 0 Å². The van der Waals surface area contributed by atoms with Crippen LogP contribution in [0.3, 0.4) is 0 Å². The average molecular weight is 303 g/mol. The highest BCUT2D eigenvalue weighted by molar-refractivity contribution is 7.13. The predicted molar refractivity (Wildman–Crippen MR) is 82.5 cm³/mol. The van der Waals surface area contributed by atoms with Crippen LogP contribution < -0.4 is 0 Å². The minimum absolute atomic E-state index is 0.0526. The lowest BCUT2D eigenvalue weighted by Gasteiger charge is -2.21. The first-order valence-corrected chi connectivity index (χ1v) is 7.49. The van der Waals surface area contributed by atoms with Crippen molar-refractivity contribution in [3.8, 4) is 0 Å². The summed E-state index contributed by atoms with van der Waals surface area (Å²) in [7, 11) is 0. The summed E-state index contributed by atoms with van der Waals surface area (Å²) < 4.78 is 0. The SMILES string of the molecule is Cc1ccc(C(=O)N(CCC(=O)O)Cc2ccccc2)s1. The molecule has 0 aliphatic heterocycles. The number of carbonyl (C=O) groups excluding carboxylic acids is 1. The lowest BCUT2D eigenvalue weighted by Crippen LogP contribution is -2.32. The molecule has 0 spiro atoms. The van der Waals surface area contributed by atoms with Crippen LogP contribution in [0.25, 0.3) is 0 Å². The summed E-state index contributed by atoms with van der Waals surface area (Å²) in [5.74, 6) is -1.01. The van der Waals surface area contributed by atoms with Crippen LogP contribution in [0.5, 0.6) is 0 Å². The monoisotopic (exact) mass is 303 g/mol. The van der Waals surface area contributed by atoms with Crippen LogP contribution in [0.1, 0.15) is 26.5 Å². The second-order valence-electron chi connectivity index (χ2n) is 4.77. The van der Waals surface area contributed by atoms with E-state index in [0.717, 1.165) is 10.4 Å². The van der Waals surface area contributed by atoms with Gasteiger partial charge in [-0.1, -0.05) is 30.3 Å². The summed E-state index contributed by atoms with van der Waals surface area (Å²) >= 11 is 1.43. The Morgan fingerprint density at radius 3 is 2.43 bits per heavy atom. The molecule has 5 heteroatoms. The summed E-state index contributed by atoms with van der Waals surface area (Å²) in [5.41, 5.74) is 0.990. The van der Waals surface area contributed by atoms with Crippen LogP contribution in [0.15, 0.2) is 42.5 Å². The van der Waals surface area contributed by atoms with Crippen LogP contribution in [0.4, 0.5) is 0 Å². The smallest absolute Gasteiger partial charge is 0.305 e. The average Bonchev–Trinajstić information content (AvgIpc) is 2.90. The number of carboxylic acids is 1. The Morgan fingerprint density at radius 1 is 1.14 bits per heavy atom. The minimum Gasteiger partial charge on any atom is -0.481 e. The Labute approximate surface area is 127 Å². The first kappa shape index (κ1) is 15.3. The molecule has 0 bridgehead atoms. The molecular formula is C16H17NO3S. The summed E-state index contributed by atoms with van der Waals surface area (Å²) in [4.78, 5) is 26.6. The molecule has 0 atom stereocenters. The van der Waals surface area contributed by atoms with Crippen LogP contribution >= 0.6 is 11.3 Å². The highest BCUT2D eigenvalue weighted by Crippen LogP contribution is 2.18. The van der Waals surface area contributed by atoms with E-state index in [-0.39, 0.29) is 18.9 Å². The third-order valence-electron chi connectivity index (χ3n) is 3.05. The van der Waals surface area contributed by atoms with Gasteiger partial charge in [-0.05, 0) is 24.6 Å². The number of aliphatic carboxylic acids is 1. The lowest BCUT2D eigenvalue weighted by atomic mass is 10.2. The Kier molecular flexibility index (Phi) is 5.11. The van der Waals surface area contributed by atoms with E-state index in [1.807, 2.05) is 43.3 Å². The van der Waals surface area contributed by atoms with Gasteiger partial charge in [0, 0.05) is 18.0 Å². The number of hydrogen-bond donors (Lipinski definition) is 1. The Hall–Kier alpha value is -2.14. The normalized spacial score (nSPS) is 10.3. The zero-order valence-electron chi connectivity index (χ0n) is 11.8. The maximum absolute atomic E-state index is 12.5. The summed E-state index contributed by atoms with van der Waals surface area (Å²) in [6.07, 6.45) is -0.0526. The van der Waals surface area contributed by atoms with E-state index in [0.29, 0.717) is 11.4 Å². The molecule has 2 aromatic rings. The molecule has 0 aliphatic rings. The number of benzene rings is 1. The van der Waals surface area contributed by atoms with Gasteiger partial charge in [0.05, 0.1) is 11.3 Å². The molecule has 0 radical (unpaired) electrons. The third-order valence-corrected chi connectivity index (χ3v) is 4.04. The van der Waals surface area contributed by atoms with Gasteiger partial charge < -0.3 is 10.0 Å². The van der Waals surface area contributed by atoms with Crippen molar-refractivity contribution in [2.45, 2.75) is 19.9 Å². The third kappa shape index (κ3) is 4.43. The molecule has 0 saturated carbocycles. The molecule has 21 heavy (non-hydrogen) atoms. The maximum atomic E-state index is 12.5. The Morgan fingerprint density at radius 2 is 1.86 bits per heavy atom. The number of carbonyl (C=O) groups is 2. The summed E-state index contributed by atoms with van der Waals surface area (Å²) in [5, 5.41) is 8.85.